The van der Waals surface area contributed by atoms with Crippen molar-refractivity contribution in [1.82, 2.24) is 0 Å². The maximum Gasteiger partial charge on any atom is 0.272 e. The molecular formula is C19H23N3O3. The summed E-state index contributed by atoms with van der Waals surface area (Å²) < 4.78 is 5.22. The van der Waals surface area contributed by atoms with Crippen molar-refractivity contribution in [3.8, 4) is 5.75 Å². The topological polar surface area (TPSA) is 58.8 Å². The zero-order valence-electron chi connectivity index (χ0n) is 14.6. The van der Waals surface area contributed by atoms with Crippen LogP contribution in [0.4, 0.5) is 17.1 Å². The molecule has 6 nitrogen and oxygen atoms in total. The van der Waals surface area contributed by atoms with Gasteiger partial charge in [-0.1, -0.05) is 0 Å². The molecule has 0 aliphatic carbocycles. The largest absolute Gasteiger partial charge is 0.497 e. The Morgan fingerprint density at radius 3 is 2.12 bits per heavy atom. The van der Waals surface area contributed by atoms with Crippen LogP contribution in [0.2, 0.25) is 0 Å². The lowest BCUT2D eigenvalue weighted by molar-refractivity contribution is -0.385. The molecule has 0 amide bonds. The lowest BCUT2D eigenvalue weighted by Gasteiger charge is -2.25. The summed E-state index contributed by atoms with van der Waals surface area (Å²) in [4.78, 5) is 15.3. The smallest absolute Gasteiger partial charge is 0.272 e. The highest BCUT2D eigenvalue weighted by atomic mass is 16.6. The first-order valence-corrected chi connectivity index (χ1v) is 8.47. The Labute approximate surface area is 147 Å². The Morgan fingerprint density at radius 1 is 0.960 bits per heavy atom. The van der Waals surface area contributed by atoms with Crippen molar-refractivity contribution < 1.29 is 9.66 Å². The first kappa shape index (κ1) is 17.1. The first-order chi connectivity index (χ1) is 12.1. The van der Waals surface area contributed by atoms with Gasteiger partial charge < -0.3 is 14.5 Å². The van der Waals surface area contributed by atoms with Crippen LogP contribution in [0.25, 0.3) is 0 Å². The zero-order valence-corrected chi connectivity index (χ0v) is 14.6. The quantitative estimate of drug-likeness (QED) is 0.628. The molecule has 0 N–H and O–H groups in total. The SMILES string of the molecule is COc1ccc(N2CCCN(c3ccc([N+](=O)[O-])c(C)c3)CC2)cc1. The number of nitro benzene ring substituents is 1. The molecule has 6 heteroatoms. The molecule has 1 heterocycles. The van der Waals surface area contributed by atoms with Crippen LogP contribution in [0.1, 0.15) is 12.0 Å². The highest BCUT2D eigenvalue weighted by Crippen LogP contribution is 2.26. The van der Waals surface area contributed by atoms with E-state index in [4.69, 9.17) is 4.74 Å². The van der Waals surface area contributed by atoms with E-state index in [-0.39, 0.29) is 10.6 Å². The number of hydrogen-bond acceptors (Lipinski definition) is 5. The van der Waals surface area contributed by atoms with Gasteiger partial charge in [0.25, 0.3) is 5.69 Å². The minimum atomic E-state index is -0.326. The van der Waals surface area contributed by atoms with Crippen molar-refractivity contribution in [1.29, 1.82) is 0 Å². The average Bonchev–Trinajstić information content (AvgIpc) is 2.87. The molecular weight excluding hydrogens is 318 g/mol. The number of nitro groups is 1. The van der Waals surface area contributed by atoms with E-state index in [1.807, 2.05) is 24.3 Å². The van der Waals surface area contributed by atoms with Crippen molar-refractivity contribution >= 4 is 17.1 Å². The summed E-state index contributed by atoms with van der Waals surface area (Å²) in [5.74, 6) is 0.863. The number of aryl methyl sites for hydroxylation is 1. The van der Waals surface area contributed by atoms with E-state index in [2.05, 4.69) is 21.9 Å². The lowest BCUT2D eigenvalue weighted by Crippen LogP contribution is -2.30. The van der Waals surface area contributed by atoms with Crippen molar-refractivity contribution in [2.24, 2.45) is 0 Å². The second-order valence-electron chi connectivity index (χ2n) is 6.25. The van der Waals surface area contributed by atoms with Gasteiger partial charge in [0.1, 0.15) is 5.75 Å². The summed E-state index contributed by atoms with van der Waals surface area (Å²) in [6.45, 7) is 5.55. The van der Waals surface area contributed by atoms with Gasteiger partial charge in [-0.3, -0.25) is 10.1 Å². The predicted molar refractivity (Wildman–Crippen MR) is 99.9 cm³/mol. The van der Waals surface area contributed by atoms with Crippen molar-refractivity contribution in [2.75, 3.05) is 43.1 Å². The fourth-order valence-electron chi connectivity index (χ4n) is 3.27. The van der Waals surface area contributed by atoms with E-state index in [0.29, 0.717) is 5.56 Å². The Balaban J connectivity index is 1.70. The van der Waals surface area contributed by atoms with Gasteiger partial charge in [0, 0.05) is 49.2 Å². The molecule has 0 unspecified atom stereocenters. The van der Waals surface area contributed by atoms with Gasteiger partial charge in [-0.05, 0) is 49.7 Å². The maximum atomic E-state index is 11.0. The second kappa shape index (κ2) is 7.42. The van der Waals surface area contributed by atoms with E-state index in [9.17, 15) is 10.1 Å². The van der Waals surface area contributed by atoms with Gasteiger partial charge in [0.2, 0.25) is 0 Å². The molecule has 132 valence electrons. The van der Waals surface area contributed by atoms with Crippen molar-refractivity contribution in [2.45, 2.75) is 13.3 Å². The average molecular weight is 341 g/mol. The van der Waals surface area contributed by atoms with Crippen LogP contribution < -0.4 is 14.5 Å². The fourth-order valence-corrected chi connectivity index (χ4v) is 3.27. The maximum absolute atomic E-state index is 11.0. The molecule has 0 radical (unpaired) electrons. The number of ether oxygens (including phenoxy) is 1. The van der Waals surface area contributed by atoms with E-state index in [1.165, 1.54) is 5.69 Å². The number of nitrogens with zero attached hydrogens (tertiary/aromatic N) is 3. The van der Waals surface area contributed by atoms with Crippen LogP contribution in [-0.2, 0) is 0 Å². The number of methoxy groups -OCH3 is 1. The molecule has 1 fully saturated rings. The van der Waals surface area contributed by atoms with Crippen LogP contribution in [-0.4, -0.2) is 38.2 Å². The van der Waals surface area contributed by atoms with Gasteiger partial charge >= 0.3 is 0 Å². The zero-order chi connectivity index (χ0) is 17.8. The molecule has 2 aromatic carbocycles. The summed E-state index contributed by atoms with van der Waals surface area (Å²) in [6.07, 6.45) is 1.04. The first-order valence-electron chi connectivity index (χ1n) is 8.47. The van der Waals surface area contributed by atoms with Crippen LogP contribution in [0.3, 0.4) is 0 Å². The normalized spacial score (nSPS) is 15.0. The van der Waals surface area contributed by atoms with E-state index >= 15 is 0 Å². The van der Waals surface area contributed by atoms with Crippen LogP contribution >= 0.6 is 0 Å². The predicted octanol–water partition coefficient (Wildman–Crippen LogP) is 3.63. The number of anilines is 2. The Hall–Kier alpha value is -2.76. The van der Waals surface area contributed by atoms with Gasteiger partial charge in [0.05, 0.1) is 12.0 Å². The summed E-state index contributed by atoms with van der Waals surface area (Å²) >= 11 is 0. The second-order valence-corrected chi connectivity index (χ2v) is 6.25. The number of benzene rings is 2. The molecule has 0 atom stereocenters. The van der Waals surface area contributed by atoms with Gasteiger partial charge in [-0.25, -0.2) is 0 Å². The van der Waals surface area contributed by atoms with Crippen molar-refractivity contribution in [3.63, 3.8) is 0 Å². The number of rotatable bonds is 4. The van der Waals surface area contributed by atoms with Gasteiger partial charge in [0.15, 0.2) is 0 Å². The number of hydrogen-bond donors (Lipinski definition) is 0. The molecule has 1 aliphatic rings. The molecule has 0 bridgehead atoms. The standard InChI is InChI=1S/C19H23N3O3/c1-15-14-17(6-9-19(15)22(23)24)21-11-3-10-20(12-13-21)16-4-7-18(25-2)8-5-16/h4-9,14H,3,10-13H2,1-2H3. The van der Waals surface area contributed by atoms with E-state index in [0.717, 1.165) is 44.0 Å². The summed E-state index contributed by atoms with van der Waals surface area (Å²) in [6, 6.07) is 13.5. The Morgan fingerprint density at radius 2 is 1.56 bits per heavy atom. The lowest BCUT2D eigenvalue weighted by atomic mass is 10.1. The van der Waals surface area contributed by atoms with Gasteiger partial charge in [-0.15, -0.1) is 0 Å². The third-order valence-corrected chi connectivity index (χ3v) is 4.68. The highest BCUT2D eigenvalue weighted by molar-refractivity contribution is 5.56. The molecule has 0 aromatic heterocycles. The summed E-state index contributed by atoms with van der Waals surface area (Å²) in [7, 11) is 1.67. The Kier molecular flexibility index (Phi) is 5.07. The molecule has 0 spiro atoms. The molecule has 1 aliphatic heterocycles. The Bertz CT molecular complexity index is 746. The molecule has 3 rings (SSSR count). The van der Waals surface area contributed by atoms with Gasteiger partial charge in [-0.2, -0.15) is 0 Å². The minimum Gasteiger partial charge on any atom is -0.497 e. The minimum absolute atomic E-state index is 0.179. The monoisotopic (exact) mass is 341 g/mol. The molecule has 2 aromatic rings. The molecule has 1 saturated heterocycles. The third kappa shape index (κ3) is 3.84. The van der Waals surface area contributed by atoms with E-state index in [1.54, 1.807) is 20.1 Å². The fraction of sp³-hybridized carbons (Fsp3) is 0.368. The van der Waals surface area contributed by atoms with Crippen LogP contribution in [0.5, 0.6) is 5.75 Å². The highest BCUT2D eigenvalue weighted by Gasteiger charge is 2.18. The van der Waals surface area contributed by atoms with Crippen LogP contribution in [0.15, 0.2) is 42.5 Å². The van der Waals surface area contributed by atoms with Crippen LogP contribution in [0, 0.1) is 17.0 Å². The molecule has 25 heavy (non-hydrogen) atoms. The summed E-state index contributed by atoms with van der Waals surface area (Å²) in [5, 5.41) is 11.0. The van der Waals surface area contributed by atoms with Crippen molar-refractivity contribution in [3.05, 3.63) is 58.1 Å². The third-order valence-electron chi connectivity index (χ3n) is 4.68. The summed E-state index contributed by atoms with van der Waals surface area (Å²) in [5.41, 5.74) is 3.14. The van der Waals surface area contributed by atoms with E-state index < -0.39 is 0 Å². The molecule has 0 saturated carbocycles.